The van der Waals surface area contributed by atoms with Gasteiger partial charge in [-0.15, -0.1) is 0 Å². The van der Waals surface area contributed by atoms with E-state index < -0.39 is 11.9 Å². The molecule has 0 spiro atoms. The first-order chi connectivity index (χ1) is 22.2. The number of benzene rings is 1. The Hall–Kier alpha value is -3.76. The zero-order valence-electron chi connectivity index (χ0n) is 29.3. The number of hydrogen-bond acceptors (Lipinski definition) is 9. The number of likely N-dealkylation sites (tertiary alicyclic amines) is 1. The van der Waals surface area contributed by atoms with E-state index in [0.717, 1.165) is 37.7 Å². The first kappa shape index (κ1) is 41.3. The molecule has 3 unspecified atom stereocenters. The van der Waals surface area contributed by atoms with Crippen molar-refractivity contribution in [3.05, 3.63) is 35.9 Å². The standard InChI is InChI=1S/C13H18O2.C12H19NO2.C11H18O6/c1-4-13(2,3)12(14)15-10-11-8-6-5-7-9-11;1-8-9(2)12(15)13(11(8)14)10-6-4-3-5-7-10;1-3-8(2)11(15)17-7-6-16-10(14)5-4-9(12)13/h5-9H,4,10H2,1-3H3;8-10H,3-7H2,1-2H3;8H,3-7H2,1-2H3,(H,12,13). The van der Waals surface area contributed by atoms with Gasteiger partial charge in [0.05, 0.1) is 24.2 Å². The summed E-state index contributed by atoms with van der Waals surface area (Å²) in [5, 5.41) is 8.32. The number of hydrogen-bond donors (Lipinski definition) is 1. The lowest BCUT2D eigenvalue weighted by atomic mass is 9.91. The topological polar surface area (TPSA) is 154 Å². The summed E-state index contributed by atoms with van der Waals surface area (Å²) in [5.74, 6) is -2.39. The normalized spacial score (nSPS) is 18.6. The van der Waals surface area contributed by atoms with Crippen LogP contribution < -0.4 is 0 Å². The molecule has 1 saturated carbocycles. The predicted molar refractivity (Wildman–Crippen MR) is 176 cm³/mol. The van der Waals surface area contributed by atoms with Crippen LogP contribution in [0.15, 0.2) is 30.3 Å². The minimum atomic E-state index is -1.05. The molecule has 47 heavy (non-hydrogen) atoms. The highest BCUT2D eigenvalue weighted by atomic mass is 16.6. The van der Waals surface area contributed by atoms with E-state index in [2.05, 4.69) is 4.74 Å². The highest BCUT2D eigenvalue weighted by Crippen LogP contribution is 2.32. The molecule has 0 radical (unpaired) electrons. The molecule has 1 heterocycles. The van der Waals surface area contributed by atoms with E-state index in [1.54, 1.807) is 11.8 Å². The van der Waals surface area contributed by atoms with Gasteiger partial charge in [0, 0.05) is 17.9 Å². The summed E-state index contributed by atoms with van der Waals surface area (Å²) >= 11 is 0. The fraction of sp³-hybridized carbons (Fsp3) is 0.667. The van der Waals surface area contributed by atoms with Crippen molar-refractivity contribution in [2.45, 2.75) is 119 Å². The van der Waals surface area contributed by atoms with Gasteiger partial charge in [-0.1, -0.05) is 84.2 Å². The van der Waals surface area contributed by atoms with E-state index in [9.17, 15) is 28.8 Å². The smallest absolute Gasteiger partial charge is 0.311 e. The van der Waals surface area contributed by atoms with Gasteiger partial charge in [-0.25, -0.2) is 0 Å². The molecule has 2 aliphatic rings. The van der Waals surface area contributed by atoms with Crippen LogP contribution in [-0.2, 0) is 49.6 Å². The number of carboxylic acids is 1. The van der Waals surface area contributed by atoms with Gasteiger partial charge in [0.15, 0.2) is 0 Å². The average molecular weight is 662 g/mol. The molecule has 0 aromatic heterocycles. The summed E-state index contributed by atoms with van der Waals surface area (Å²) in [6.07, 6.45) is 6.64. The highest BCUT2D eigenvalue weighted by molar-refractivity contribution is 6.05. The van der Waals surface area contributed by atoms with E-state index in [1.807, 2.05) is 71.9 Å². The number of carbonyl (C=O) groups is 6. The Bertz CT molecular complexity index is 1140. The number of esters is 3. The Morgan fingerprint density at radius 2 is 1.43 bits per heavy atom. The molecule has 264 valence electrons. The molecule has 1 aromatic rings. The number of aliphatic carboxylic acids is 1. The molecule has 1 N–H and O–H groups in total. The van der Waals surface area contributed by atoms with Crippen molar-refractivity contribution in [3.8, 4) is 0 Å². The Morgan fingerprint density at radius 1 is 0.872 bits per heavy atom. The summed E-state index contributed by atoms with van der Waals surface area (Å²) in [7, 11) is 0. The SMILES string of the molecule is CC1C(=O)N(C2CCCCC2)C(=O)C1C.CCC(C)(C)C(=O)OCc1ccccc1.CCC(C)C(=O)OCCOC(=O)CCC(=O)O. The van der Waals surface area contributed by atoms with Gasteiger partial charge >= 0.3 is 23.9 Å². The van der Waals surface area contributed by atoms with E-state index in [4.69, 9.17) is 14.6 Å². The Kier molecular flexibility index (Phi) is 18.6. The third kappa shape index (κ3) is 14.7. The van der Waals surface area contributed by atoms with E-state index in [0.29, 0.717) is 13.0 Å². The van der Waals surface area contributed by atoms with Gasteiger partial charge in [-0.05, 0) is 45.1 Å². The number of amides is 2. The van der Waals surface area contributed by atoms with Gasteiger partial charge in [0.25, 0.3) is 0 Å². The quantitative estimate of drug-likeness (QED) is 0.113. The second kappa shape index (κ2) is 21.2. The lowest BCUT2D eigenvalue weighted by Crippen LogP contribution is -2.41. The summed E-state index contributed by atoms with van der Waals surface area (Å²) in [4.78, 5) is 69.4. The molecular weight excluding hydrogens is 606 g/mol. The molecule has 2 fully saturated rings. The fourth-order valence-corrected chi connectivity index (χ4v) is 4.62. The third-order valence-electron chi connectivity index (χ3n) is 8.74. The van der Waals surface area contributed by atoms with Crippen LogP contribution in [0.2, 0.25) is 0 Å². The monoisotopic (exact) mass is 661 g/mol. The fourth-order valence-electron chi connectivity index (χ4n) is 4.62. The van der Waals surface area contributed by atoms with Crippen LogP contribution in [0.25, 0.3) is 0 Å². The first-order valence-electron chi connectivity index (χ1n) is 16.8. The summed E-state index contributed by atoms with van der Waals surface area (Å²) in [6, 6.07) is 9.92. The molecule has 3 atom stereocenters. The maximum Gasteiger partial charge on any atom is 0.311 e. The van der Waals surface area contributed by atoms with Crippen molar-refractivity contribution >= 4 is 35.7 Å². The highest BCUT2D eigenvalue weighted by Gasteiger charge is 2.45. The van der Waals surface area contributed by atoms with Crippen LogP contribution in [0.5, 0.6) is 0 Å². The summed E-state index contributed by atoms with van der Waals surface area (Å²) in [5.41, 5.74) is 0.646. The number of ether oxygens (including phenoxy) is 3. The molecule has 1 aliphatic carbocycles. The lowest BCUT2D eigenvalue weighted by Gasteiger charge is -2.29. The largest absolute Gasteiger partial charge is 0.481 e. The van der Waals surface area contributed by atoms with Crippen LogP contribution in [-0.4, -0.2) is 65.0 Å². The van der Waals surface area contributed by atoms with Crippen molar-refractivity contribution in [1.29, 1.82) is 0 Å². The maximum absolute atomic E-state index is 11.9. The second-order valence-electron chi connectivity index (χ2n) is 12.8. The maximum atomic E-state index is 11.9. The van der Waals surface area contributed by atoms with Crippen molar-refractivity contribution < 1.29 is 48.1 Å². The molecule has 1 aliphatic heterocycles. The lowest BCUT2D eigenvalue weighted by molar-refractivity contribution is -0.155. The third-order valence-corrected chi connectivity index (χ3v) is 8.74. The molecule has 3 rings (SSSR count). The second-order valence-corrected chi connectivity index (χ2v) is 12.8. The number of imide groups is 1. The van der Waals surface area contributed by atoms with Crippen LogP contribution >= 0.6 is 0 Å². The molecule has 11 heteroatoms. The van der Waals surface area contributed by atoms with Gasteiger partial charge in [0.2, 0.25) is 11.8 Å². The first-order valence-corrected chi connectivity index (χ1v) is 16.8. The number of rotatable bonds is 13. The minimum Gasteiger partial charge on any atom is -0.481 e. The molecule has 1 aromatic carbocycles. The van der Waals surface area contributed by atoms with Crippen LogP contribution in [0.1, 0.15) is 112 Å². The Balaban J connectivity index is 0.000000353. The van der Waals surface area contributed by atoms with E-state index >= 15 is 0 Å². The summed E-state index contributed by atoms with van der Waals surface area (Å²) < 4.78 is 14.8. The van der Waals surface area contributed by atoms with Gasteiger partial charge < -0.3 is 19.3 Å². The minimum absolute atomic E-state index is 0.00197. The van der Waals surface area contributed by atoms with Gasteiger partial charge in [0.1, 0.15) is 19.8 Å². The van der Waals surface area contributed by atoms with E-state index in [-0.39, 0.29) is 79.0 Å². The molecule has 1 saturated heterocycles. The van der Waals surface area contributed by atoms with Gasteiger partial charge in [-0.3, -0.25) is 33.7 Å². The van der Waals surface area contributed by atoms with Crippen molar-refractivity contribution in [3.63, 3.8) is 0 Å². The molecule has 2 amide bonds. The Morgan fingerprint density at radius 3 is 1.94 bits per heavy atom. The molecule has 11 nitrogen and oxygen atoms in total. The van der Waals surface area contributed by atoms with Crippen LogP contribution in [0.3, 0.4) is 0 Å². The van der Waals surface area contributed by atoms with Gasteiger partial charge in [-0.2, -0.15) is 0 Å². The van der Waals surface area contributed by atoms with Crippen molar-refractivity contribution in [2.75, 3.05) is 13.2 Å². The zero-order valence-corrected chi connectivity index (χ0v) is 29.3. The van der Waals surface area contributed by atoms with Crippen molar-refractivity contribution in [1.82, 2.24) is 4.90 Å². The van der Waals surface area contributed by atoms with Crippen molar-refractivity contribution in [2.24, 2.45) is 23.2 Å². The number of carbonyl (C=O) groups excluding carboxylic acids is 5. The average Bonchev–Trinajstić information content (AvgIpc) is 3.27. The molecular formula is C36H55NO10. The van der Waals surface area contributed by atoms with Crippen LogP contribution in [0, 0.1) is 23.2 Å². The molecule has 0 bridgehead atoms. The number of carboxylic acid groups (broad SMARTS) is 1. The van der Waals surface area contributed by atoms with E-state index in [1.165, 1.54) is 6.42 Å². The Labute approximate surface area is 279 Å². The number of nitrogens with zero attached hydrogens (tertiary/aromatic N) is 1. The summed E-state index contributed by atoms with van der Waals surface area (Å²) in [6.45, 7) is 13.5. The van der Waals surface area contributed by atoms with Crippen LogP contribution in [0.4, 0.5) is 0 Å². The zero-order chi connectivity index (χ0) is 35.6. The predicted octanol–water partition coefficient (Wildman–Crippen LogP) is 6.11.